The molecule has 8 nitrogen and oxygen atoms in total. The summed E-state index contributed by atoms with van der Waals surface area (Å²) in [6.45, 7) is 4.07. The molecule has 0 amide bonds. The van der Waals surface area contributed by atoms with Crippen LogP contribution in [0.3, 0.4) is 0 Å². The van der Waals surface area contributed by atoms with Crippen LogP contribution in [0.5, 0.6) is 5.75 Å². The normalized spacial score (nSPS) is 21.1. The molecule has 32 heavy (non-hydrogen) atoms. The molecule has 3 rings (SSSR count). The maximum absolute atomic E-state index is 12.6. The summed E-state index contributed by atoms with van der Waals surface area (Å²) in [5.41, 5.74) is 1.99. The lowest BCUT2D eigenvalue weighted by Crippen LogP contribution is -2.27. The molecule has 1 aliphatic carbocycles. The largest absolute Gasteiger partial charge is 0.512 e. The number of carbonyl (C=O) groups excluding carboxylic acids is 1. The Hall–Kier alpha value is -3.20. The molecule has 0 saturated carbocycles. The highest BCUT2D eigenvalue weighted by atomic mass is 32.2. The number of carbonyl (C=O) groups is 1. The van der Waals surface area contributed by atoms with Crippen molar-refractivity contribution in [3.63, 3.8) is 0 Å². The van der Waals surface area contributed by atoms with Gasteiger partial charge in [0.05, 0.1) is 5.76 Å². The van der Waals surface area contributed by atoms with E-state index in [0.29, 0.717) is 37.2 Å². The van der Waals surface area contributed by atoms with E-state index in [4.69, 9.17) is 9.57 Å². The van der Waals surface area contributed by atoms with Crippen LogP contribution in [0, 0.1) is 0 Å². The van der Waals surface area contributed by atoms with Gasteiger partial charge in [0.25, 0.3) is 0 Å². The number of aliphatic hydroxyl groups excluding tert-OH is 1. The van der Waals surface area contributed by atoms with Crippen LogP contribution in [-0.4, -0.2) is 49.4 Å². The number of aliphatic imine (C=N–C) groups is 1. The average molecular weight is 459 g/mol. The quantitative estimate of drug-likeness (QED) is 0.362. The second-order valence-electron chi connectivity index (χ2n) is 7.54. The zero-order chi connectivity index (χ0) is 23.1. The van der Waals surface area contributed by atoms with E-state index in [2.05, 4.69) is 10.1 Å². The second-order valence-corrected chi connectivity index (χ2v) is 8.49. The van der Waals surface area contributed by atoms with Crippen LogP contribution in [0.2, 0.25) is 0 Å². The first-order valence-corrected chi connectivity index (χ1v) is 11.5. The van der Waals surface area contributed by atoms with Crippen molar-refractivity contribution in [3.05, 3.63) is 52.8 Å². The molecule has 2 unspecified atom stereocenters. The summed E-state index contributed by atoms with van der Waals surface area (Å²) < 4.78 is 28.9. The van der Waals surface area contributed by atoms with Gasteiger partial charge in [-0.2, -0.15) is 8.42 Å². The van der Waals surface area contributed by atoms with E-state index in [0.717, 1.165) is 11.1 Å². The van der Waals surface area contributed by atoms with Crippen LogP contribution in [0.1, 0.15) is 51.0 Å². The number of dihydropyridines is 1. The van der Waals surface area contributed by atoms with E-state index >= 15 is 0 Å². The predicted octanol–water partition coefficient (Wildman–Crippen LogP) is 3.53. The van der Waals surface area contributed by atoms with Crippen molar-refractivity contribution < 1.29 is 27.9 Å². The highest BCUT2D eigenvalue weighted by Crippen LogP contribution is 2.36. The molecule has 0 radical (unpaired) electrons. The van der Waals surface area contributed by atoms with Crippen molar-refractivity contribution in [2.45, 2.75) is 51.7 Å². The number of hydrogen-bond acceptors (Lipinski definition) is 8. The zero-order valence-corrected chi connectivity index (χ0v) is 18.8. The van der Waals surface area contributed by atoms with E-state index in [9.17, 15) is 18.3 Å². The van der Waals surface area contributed by atoms with Crippen LogP contribution in [-0.2, 0) is 19.9 Å². The van der Waals surface area contributed by atoms with Gasteiger partial charge in [0, 0.05) is 30.8 Å². The molecule has 0 aromatic heterocycles. The van der Waals surface area contributed by atoms with Crippen molar-refractivity contribution >= 4 is 33.4 Å². The Morgan fingerprint density at radius 1 is 1.31 bits per heavy atom. The topological polar surface area (TPSA) is 115 Å². The van der Waals surface area contributed by atoms with E-state index < -0.39 is 16.5 Å². The highest BCUT2D eigenvalue weighted by molar-refractivity contribution is 7.73. The van der Waals surface area contributed by atoms with Gasteiger partial charge in [-0.3, -0.25) is 4.79 Å². The molecular formula is C23H26N2O6S. The minimum absolute atomic E-state index is 0.0568. The van der Waals surface area contributed by atoms with Gasteiger partial charge in [0.1, 0.15) is 17.2 Å². The number of benzene rings is 1. The Morgan fingerprint density at radius 2 is 2.12 bits per heavy atom. The standard InChI is InChI=1S/C23H26N2O6S/c1-3-30-25-9-5-8-19-20(26)12-17(13-21(19)27)16-6-4-7-18(11-16)31-23-22(32(28)29)10-15(2)14-24-23/h4,6-7,9-11,14,17,23,26H,3,5,8,12-13H2,1-2H3. The molecule has 2 aliphatic rings. The summed E-state index contributed by atoms with van der Waals surface area (Å²) >= 11 is 0. The summed E-state index contributed by atoms with van der Waals surface area (Å²) in [6, 6.07) is 7.11. The summed E-state index contributed by atoms with van der Waals surface area (Å²) in [6.07, 6.45) is 5.26. The maximum Gasteiger partial charge on any atom is 0.230 e. The molecule has 1 aliphatic heterocycles. The van der Waals surface area contributed by atoms with Crippen LogP contribution in [0.15, 0.2) is 57.4 Å². The Balaban J connectivity index is 1.71. The third kappa shape index (κ3) is 5.94. The number of ether oxygens (including phenoxy) is 1. The lowest BCUT2D eigenvalue weighted by atomic mass is 9.81. The Bertz CT molecular complexity index is 1120. The third-order valence-corrected chi connectivity index (χ3v) is 5.86. The van der Waals surface area contributed by atoms with Crippen molar-refractivity contribution in [1.29, 1.82) is 0 Å². The minimum atomic E-state index is -2.45. The van der Waals surface area contributed by atoms with Crippen LogP contribution in [0.25, 0.3) is 0 Å². The molecule has 2 atom stereocenters. The predicted molar refractivity (Wildman–Crippen MR) is 123 cm³/mol. The first-order valence-electron chi connectivity index (χ1n) is 10.4. The number of ketones is 1. The molecule has 0 saturated heterocycles. The van der Waals surface area contributed by atoms with Crippen molar-refractivity contribution in [2.24, 2.45) is 10.1 Å². The second kappa shape index (κ2) is 10.9. The van der Waals surface area contributed by atoms with Crippen molar-refractivity contribution in [3.8, 4) is 5.75 Å². The van der Waals surface area contributed by atoms with Gasteiger partial charge >= 0.3 is 0 Å². The summed E-state index contributed by atoms with van der Waals surface area (Å²) in [5, 5.41) is 14.2. The Morgan fingerprint density at radius 3 is 2.84 bits per heavy atom. The van der Waals surface area contributed by atoms with Gasteiger partial charge in [-0.25, -0.2) is 4.99 Å². The average Bonchev–Trinajstić information content (AvgIpc) is 2.76. The number of rotatable bonds is 8. The van der Waals surface area contributed by atoms with Crippen LogP contribution < -0.4 is 4.74 Å². The first-order chi connectivity index (χ1) is 15.4. The fourth-order valence-electron chi connectivity index (χ4n) is 3.63. The van der Waals surface area contributed by atoms with E-state index in [1.807, 2.05) is 13.0 Å². The molecular weight excluding hydrogens is 432 g/mol. The fraction of sp³-hybridized carbons (Fsp3) is 0.391. The third-order valence-electron chi connectivity index (χ3n) is 5.15. The van der Waals surface area contributed by atoms with E-state index in [1.54, 1.807) is 37.6 Å². The molecule has 9 heteroatoms. The zero-order valence-electron chi connectivity index (χ0n) is 18.0. The molecule has 170 valence electrons. The van der Waals surface area contributed by atoms with Crippen molar-refractivity contribution in [1.82, 2.24) is 0 Å². The number of aliphatic hydroxyl groups is 1. The molecule has 1 aromatic rings. The van der Waals surface area contributed by atoms with Gasteiger partial charge < -0.3 is 14.7 Å². The van der Waals surface area contributed by atoms with Crippen molar-refractivity contribution in [2.75, 3.05) is 6.61 Å². The monoisotopic (exact) mass is 458 g/mol. The Kier molecular flexibility index (Phi) is 7.99. The van der Waals surface area contributed by atoms with Crippen LogP contribution >= 0.6 is 0 Å². The van der Waals surface area contributed by atoms with Gasteiger partial charge in [0.2, 0.25) is 16.5 Å². The lowest BCUT2D eigenvalue weighted by Gasteiger charge is -2.24. The molecule has 0 fully saturated rings. The fourth-order valence-corrected chi connectivity index (χ4v) is 4.18. The molecule has 1 aromatic carbocycles. The molecule has 0 spiro atoms. The number of allylic oxidation sites excluding steroid dienone is 3. The number of oxime groups is 1. The van der Waals surface area contributed by atoms with E-state index in [-0.39, 0.29) is 28.7 Å². The van der Waals surface area contributed by atoms with Gasteiger partial charge in [-0.1, -0.05) is 17.3 Å². The number of Topliss-reactive ketones (excluding diaryl/α,β-unsaturated/α-hetero) is 1. The Labute approximate surface area is 188 Å². The van der Waals surface area contributed by atoms with Gasteiger partial charge in [-0.15, -0.1) is 0 Å². The van der Waals surface area contributed by atoms with Crippen LogP contribution in [0.4, 0.5) is 0 Å². The van der Waals surface area contributed by atoms with Gasteiger partial charge in [0.15, 0.2) is 5.78 Å². The molecule has 1 N–H and O–H groups in total. The first kappa shape index (κ1) is 23.5. The smallest absolute Gasteiger partial charge is 0.230 e. The highest BCUT2D eigenvalue weighted by Gasteiger charge is 2.28. The minimum Gasteiger partial charge on any atom is -0.512 e. The SMILES string of the molecule is CCON=CCCC1=C(O)CC(c2cccc(OC3N=CC(C)=CC3=S(=O)=O)c2)CC1=O. The lowest BCUT2D eigenvalue weighted by molar-refractivity contribution is -0.116. The molecule has 0 bridgehead atoms. The summed E-state index contributed by atoms with van der Waals surface area (Å²) in [4.78, 5) is 21.7. The van der Waals surface area contributed by atoms with E-state index in [1.165, 1.54) is 6.08 Å². The maximum atomic E-state index is 12.6. The summed E-state index contributed by atoms with van der Waals surface area (Å²) in [5.74, 6) is 0.248. The number of nitrogens with zero attached hydrogens (tertiary/aromatic N) is 2. The number of hydrogen-bond donors (Lipinski definition) is 1. The van der Waals surface area contributed by atoms with Gasteiger partial charge in [-0.05, 0) is 62.0 Å². The summed E-state index contributed by atoms with van der Waals surface area (Å²) in [7, 11) is -2.45. The molecule has 1 heterocycles.